The topological polar surface area (TPSA) is 30.5 Å². The van der Waals surface area contributed by atoms with Gasteiger partial charge in [-0.1, -0.05) is 0 Å². The van der Waals surface area contributed by atoms with Crippen LogP contribution in [0.2, 0.25) is 0 Å². The van der Waals surface area contributed by atoms with Gasteiger partial charge in [-0.3, -0.25) is 0 Å². The first-order valence-electron chi connectivity index (χ1n) is 6.93. The summed E-state index contributed by atoms with van der Waals surface area (Å²) < 4.78 is 13.2. The molecule has 1 aliphatic heterocycles. The van der Waals surface area contributed by atoms with Crippen molar-refractivity contribution >= 4 is 31.9 Å². The van der Waals surface area contributed by atoms with Gasteiger partial charge in [-0.05, 0) is 76.7 Å². The lowest BCUT2D eigenvalue weighted by Gasteiger charge is -2.29. The van der Waals surface area contributed by atoms with Crippen molar-refractivity contribution in [2.75, 3.05) is 13.2 Å². The van der Waals surface area contributed by atoms with Crippen LogP contribution >= 0.6 is 31.9 Å². The molecule has 5 heteroatoms. The molecule has 1 aromatic rings. The molecule has 0 radical (unpaired) electrons. The average molecular weight is 407 g/mol. The number of benzene rings is 1. The number of rotatable bonds is 5. The molecule has 1 aromatic carbocycles. The molecular formula is C15H21Br2NO2. The van der Waals surface area contributed by atoms with E-state index in [1.807, 2.05) is 6.92 Å². The zero-order chi connectivity index (χ0) is 14.8. The molecular weight excluding hydrogens is 386 g/mol. The highest BCUT2D eigenvalue weighted by Crippen LogP contribution is 2.35. The number of hydrogen-bond acceptors (Lipinski definition) is 3. The van der Waals surface area contributed by atoms with Gasteiger partial charge in [-0.15, -0.1) is 0 Å². The van der Waals surface area contributed by atoms with Crippen LogP contribution in [0, 0.1) is 0 Å². The van der Waals surface area contributed by atoms with Gasteiger partial charge in [0.1, 0.15) is 5.75 Å². The molecule has 1 aliphatic rings. The van der Waals surface area contributed by atoms with Crippen molar-refractivity contribution in [3.05, 3.63) is 26.6 Å². The molecule has 2 unspecified atom stereocenters. The second-order valence-electron chi connectivity index (χ2n) is 5.36. The Morgan fingerprint density at radius 3 is 2.55 bits per heavy atom. The van der Waals surface area contributed by atoms with E-state index in [0.29, 0.717) is 6.61 Å². The van der Waals surface area contributed by atoms with Crippen molar-refractivity contribution in [3.8, 4) is 5.75 Å². The molecule has 20 heavy (non-hydrogen) atoms. The first kappa shape index (κ1) is 16.3. The number of ether oxygens (including phenoxy) is 2. The SMILES string of the molecule is CCOc1c(Br)cc(CNC2(C)CCOC2C)cc1Br. The zero-order valence-corrected chi connectivity index (χ0v) is 15.3. The Hall–Kier alpha value is -0.100. The molecule has 1 N–H and O–H groups in total. The zero-order valence-electron chi connectivity index (χ0n) is 12.1. The van der Waals surface area contributed by atoms with Gasteiger partial charge in [-0.25, -0.2) is 0 Å². The van der Waals surface area contributed by atoms with Gasteiger partial charge >= 0.3 is 0 Å². The van der Waals surface area contributed by atoms with Crippen molar-refractivity contribution in [2.45, 2.75) is 45.4 Å². The Labute approximate surface area is 137 Å². The van der Waals surface area contributed by atoms with Gasteiger partial charge in [0.05, 0.1) is 21.7 Å². The Morgan fingerprint density at radius 1 is 1.40 bits per heavy atom. The van der Waals surface area contributed by atoms with E-state index in [4.69, 9.17) is 9.47 Å². The van der Waals surface area contributed by atoms with Gasteiger partial charge in [-0.2, -0.15) is 0 Å². The van der Waals surface area contributed by atoms with Crippen LogP contribution in [0.3, 0.4) is 0 Å². The Balaban J connectivity index is 2.07. The van der Waals surface area contributed by atoms with Gasteiger partial charge < -0.3 is 14.8 Å². The molecule has 0 aromatic heterocycles. The van der Waals surface area contributed by atoms with Crippen LogP contribution in [0.25, 0.3) is 0 Å². The monoisotopic (exact) mass is 405 g/mol. The number of hydrogen-bond donors (Lipinski definition) is 1. The normalized spacial score (nSPS) is 25.9. The third kappa shape index (κ3) is 3.56. The van der Waals surface area contributed by atoms with Crippen molar-refractivity contribution in [1.29, 1.82) is 0 Å². The molecule has 0 aliphatic carbocycles. The van der Waals surface area contributed by atoms with Crippen LogP contribution in [0.15, 0.2) is 21.1 Å². The second kappa shape index (κ2) is 6.77. The highest BCUT2D eigenvalue weighted by molar-refractivity contribution is 9.11. The molecule has 1 heterocycles. The first-order valence-corrected chi connectivity index (χ1v) is 8.52. The fourth-order valence-electron chi connectivity index (χ4n) is 2.37. The molecule has 1 saturated heterocycles. The molecule has 3 nitrogen and oxygen atoms in total. The third-order valence-electron chi connectivity index (χ3n) is 3.93. The lowest BCUT2D eigenvalue weighted by atomic mass is 9.94. The van der Waals surface area contributed by atoms with Crippen molar-refractivity contribution in [1.82, 2.24) is 5.32 Å². The maximum atomic E-state index is 5.65. The summed E-state index contributed by atoms with van der Waals surface area (Å²) in [5.41, 5.74) is 1.27. The molecule has 2 rings (SSSR count). The lowest BCUT2D eigenvalue weighted by molar-refractivity contribution is 0.0881. The summed E-state index contributed by atoms with van der Waals surface area (Å²) in [5.74, 6) is 0.861. The molecule has 112 valence electrons. The fraction of sp³-hybridized carbons (Fsp3) is 0.600. The van der Waals surface area contributed by atoms with Crippen molar-refractivity contribution in [2.24, 2.45) is 0 Å². The molecule has 1 fully saturated rings. The van der Waals surface area contributed by atoms with Crippen LogP contribution < -0.4 is 10.1 Å². The fourth-order valence-corrected chi connectivity index (χ4v) is 3.88. The molecule has 0 bridgehead atoms. The van der Waals surface area contributed by atoms with E-state index in [1.165, 1.54) is 5.56 Å². The van der Waals surface area contributed by atoms with E-state index in [-0.39, 0.29) is 11.6 Å². The highest BCUT2D eigenvalue weighted by atomic mass is 79.9. The predicted molar refractivity (Wildman–Crippen MR) is 88.3 cm³/mol. The largest absolute Gasteiger partial charge is 0.492 e. The summed E-state index contributed by atoms with van der Waals surface area (Å²) in [6, 6.07) is 4.21. The van der Waals surface area contributed by atoms with Crippen molar-refractivity contribution < 1.29 is 9.47 Å². The summed E-state index contributed by atoms with van der Waals surface area (Å²) >= 11 is 7.14. The smallest absolute Gasteiger partial charge is 0.147 e. The quantitative estimate of drug-likeness (QED) is 0.791. The minimum Gasteiger partial charge on any atom is -0.492 e. The summed E-state index contributed by atoms with van der Waals surface area (Å²) in [6.45, 7) is 8.64. The van der Waals surface area contributed by atoms with E-state index >= 15 is 0 Å². The maximum absolute atomic E-state index is 5.65. The van der Waals surface area contributed by atoms with Gasteiger partial charge in [0, 0.05) is 18.7 Å². The minimum absolute atomic E-state index is 0.0531. The van der Waals surface area contributed by atoms with Crippen LogP contribution in [-0.4, -0.2) is 24.9 Å². The summed E-state index contributed by atoms with van der Waals surface area (Å²) in [6.07, 6.45) is 1.30. The Bertz CT molecular complexity index is 458. The minimum atomic E-state index is 0.0531. The molecule has 0 amide bonds. The van der Waals surface area contributed by atoms with Crippen LogP contribution in [-0.2, 0) is 11.3 Å². The Kier molecular flexibility index (Phi) is 5.51. The summed E-state index contributed by atoms with van der Waals surface area (Å²) in [7, 11) is 0. The average Bonchev–Trinajstić information content (AvgIpc) is 2.72. The number of halogens is 2. The van der Waals surface area contributed by atoms with Gasteiger partial charge in [0.25, 0.3) is 0 Å². The lowest BCUT2D eigenvalue weighted by Crippen LogP contribution is -2.47. The van der Waals surface area contributed by atoms with Crippen LogP contribution in [0.5, 0.6) is 5.75 Å². The third-order valence-corrected chi connectivity index (χ3v) is 5.11. The molecule has 2 atom stereocenters. The van der Waals surface area contributed by atoms with E-state index in [2.05, 4.69) is 63.2 Å². The predicted octanol–water partition coefficient (Wildman–Crippen LogP) is 4.27. The number of nitrogens with one attached hydrogen (secondary N) is 1. The maximum Gasteiger partial charge on any atom is 0.147 e. The summed E-state index contributed by atoms with van der Waals surface area (Å²) in [5, 5.41) is 3.62. The van der Waals surface area contributed by atoms with E-state index in [1.54, 1.807) is 0 Å². The Morgan fingerprint density at radius 2 is 2.05 bits per heavy atom. The van der Waals surface area contributed by atoms with Crippen LogP contribution in [0.1, 0.15) is 32.8 Å². The van der Waals surface area contributed by atoms with Gasteiger partial charge in [0.2, 0.25) is 0 Å². The highest BCUT2D eigenvalue weighted by Gasteiger charge is 2.36. The van der Waals surface area contributed by atoms with Crippen molar-refractivity contribution in [3.63, 3.8) is 0 Å². The second-order valence-corrected chi connectivity index (χ2v) is 7.06. The molecule has 0 spiro atoms. The van der Waals surface area contributed by atoms with Crippen LogP contribution in [0.4, 0.5) is 0 Å². The van der Waals surface area contributed by atoms with E-state index in [9.17, 15) is 0 Å². The van der Waals surface area contributed by atoms with E-state index in [0.717, 1.165) is 34.3 Å². The standard InChI is InChI=1S/C15H21Br2NO2/c1-4-19-14-12(16)7-11(8-13(14)17)9-18-15(3)5-6-20-10(15)2/h7-8,10,18H,4-6,9H2,1-3H3. The first-order chi connectivity index (χ1) is 9.46. The van der Waals surface area contributed by atoms with E-state index < -0.39 is 0 Å². The molecule has 0 saturated carbocycles. The van der Waals surface area contributed by atoms with Gasteiger partial charge in [0.15, 0.2) is 0 Å². The summed E-state index contributed by atoms with van der Waals surface area (Å²) in [4.78, 5) is 0.